The van der Waals surface area contributed by atoms with Crippen LogP contribution in [0.2, 0.25) is 0 Å². The number of hydrogen-bond acceptors (Lipinski definition) is 5. The summed E-state index contributed by atoms with van der Waals surface area (Å²) >= 11 is 0. The maximum Gasteiger partial charge on any atom is 0.276 e. The molecule has 0 unspecified atom stereocenters. The number of fused-ring (bicyclic) bond motifs is 1. The lowest BCUT2D eigenvalue weighted by Crippen LogP contribution is -2.53. The van der Waals surface area contributed by atoms with Crippen LogP contribution in [0, 0.1) is 5.41 Å². The molecule has 2 fully saturated rings. The van der Waals surface area contributed by atoms with Gasteiger partial charge in [0.2, 0.25) is 0 Å². The first kappa shape index (κ1) is 14.1. The summed E-state index contributed by atoms with van der Waals surface area (Å²) in [5, 5.41) is 12.2. The molecule has 0 aromatic carbocycles. The van der Waals surface area contributed by atoms with Crippen molar-refractivity contribution in [2.45, 2.75) is 38.3 Å². The predicted octanol–water partition coefficient (Wildman–Crippen LogP) is 0.701. The van der Waals surface area contributed by atoms with Crippen molar-refractivity contribution in [1.29, 1.82) is 0 Å². The van der Waals surface area contributed by atoms with Crippen molar-refractivity contribution < 1.29 is 10.0 Å². The zero-order valence-corrected chi connectivity index (χ0v) is 12.6. The van der Waals surface area contributed by atoms with E-state index in [4.69, 9.17) is 5.21 Å². The molecule has 3 N–H and O–H groups in total. The molecule has 1 aromatic rings. The highest BCUT2D eigenvalue weighted by Crippen LogP contribution is 2.48. The largest absolute Gasteiger partial charge is 0.316 e. The highest BCUT2D eigenvalue weighted by molar-refractivity contribution is 5.93. The van der Waals surface area contributed by atoms with Crippen LogP contribution in [0.4, 0.5) is 0 Å². The van der Waals surface area contributed by atoms with Crippen LogP contribution in [0.25, 0.3) is 0 Å². The Morgan fingerprint density at radius 2 is 2.36 bits per heavy atom. The Kier molecular flexibility index (Phi) is 3.40. The van der Waals surface area contributed by atoms with Gasteiger partial charge < -0.3 is 5.32 Å². The lowest BCUT2D eigenvalue weighted by atomic mass is 9.64. The van der Waals surface area contributed by atoms with Crippen molar-refractivity contribution >= 4 is 5.91 Å². The van der Waals surface area contributed by atoms with Crippen LogP contribution in [0.3, 0.4) is 0 Å². The van der Waals surface area contributed by atoms with Crippen LogP contribution in [0.5, 0.6) is 0 Å². The van der Waals surface area contributed by atoms with E-state index >= 15 is 0 Å². The van der Waals surface area contributed by atoms with E-state index in [2.05, 4.69) is 15.2 Å². The number of carbonyl (C=O) groups is 1. The number of aromatic nitrogens is 1. The molecule has 1 aromatic heterocycles. The van der Waals surface area contributed by atoms with E-state index in [1.807, 2.05) is 6.07 Å². The van der Waals surface area contributed by atoms with Gasteiger partial charge in [0.25, 0.3) is 5.91 Å². The van der Waals surface area contributed by atoms with Crippen molar-refractivity contribution in [3.8, 4) is 0 Å². The Labute approximate surface area is 129 Å². The van der Waals surface area contributed by atoms with Crippen molar-refractivity contribution in [3.63, 3.8) is 0 Å². The lowest BCUT2D eigenvalue weighted by Gasteiger charge is -2.50. The molecule has 0 bridgehead atoms. The fraction of sp³-hybridized carbons (Fsp3) is 0.625. The number of amides is 1. The fourth-order valence-electron chi connectivity index (χ4n) is 4.28. The number of hydrogen-bond donors (Lipinski definition) is 3. The second-order valence-corrected chi connectivity index (χ2v) is 6.98. The molecule has 118 valence electrons. The molecule has 6 heteroatoms. The van der Waals surface area contributed by atoms with E-state index in [0.29, 0.717) is 17.0 Å². The Hall–Kier alpha value is -1.50. The van der Waals surface area contributed by atoms with Crippen molar-refractivity contribution in [3.05, 3.63) is 29.1 Å². The van der Waals surface area contributed by atoms with Gasteiger partial charge in [0.05, 0.1) is 11.3 Å². The molecular formula is C16H22N4O2. The Morgan fingerprint density at radius 1 is 1.50 bits per heavy atom. The van der Waals surface area contributed by atoms with Crippen LogP contribution >= 0.6 is 0 Å². The number of nitrogens with zero attached hydrogens (tertiary/aromatic N) is 2. The summed E-state index contributed by atoms with van der Waals surface area (Å²) in [5.41, 5.74) is 4.87. The Balaban J connectivity index is 1.43. The van der Waals surface area contributed by atoms with Crippen LogP contribution in [-0.4, -0.2) is 46.7 Å². The second kappa shape index (κ2) is 5.30. The molecule has 1 saturated carbocycles. The molecule has 0 radical (unpaired) electrons. The standard InChI is InChI=1S/C16H22N4O2/c21-15(19-22)12-5-11-1-4-20(9-14(11)18-8-12)13-6-16(7-13)2-3-17-10-16/h5,8,13,17,22H,1-4,6-7,9-10H2,(H,19,21)/t13-,16-. The molecule has 0 atom stereocenters. The third-order valence-corrected chi connectivity index (χ3v) is 5.63. The van der Waals surface area contributed by atoms with Gasteiger partial charge in [-0.15, -0.1) is 0 Å². The van der Waals surface area contributed by atoms with Crippen molar-refractivity contribution in [2.75, 3.05) is 19.6 Å². The molecular weight excluding hydrogens is 280 g/mol. The summed E-state index contributed by atoms with van der Waals surface area (Å²) in [6, 6.07) is 2.55. The van der Waals surface area contributed by atoms with Gasteiger partial charge in [0, 0.05) is 31.9 Å². The first-order chi connectivity index (χ1) is 10.7. The summed E-state index contributed by atoms with van der Waals surface area (Å²) in [5.74, 6) is -0.493. The van der Waals surface area contributed by atoms with Gasteiger partial charge in [0.1, 0.15) is 0 Å². The minimum Gasteiger partial charge on any atom is -0.316 e. The number of pyridine rings is 1. The topological polar surface area (TPSA) is 77.5 Å². The molecule has 1 saturated heterocycles. The molecule has 1 aliphatic carbocycles. The van der Waals surface area contributed by atoms with Crippen molar-refractivity contribution in [2.24, 2.45) is 5.41 Å². The highest BCUT2D eigenvalue weighted by Gasteiger charge is 2.48. The second-order valence-electron chi connectivity index (χ2n) is 6.98. The van der Waals surface area contributed by atoms with Crippen LogP contribution in [-0.2, 0) is 13.0 Å². The predicted molar refractivity (Wildman–Crippen MR) is 80.5 cm³/mol. The molecule has 3 aliphatic rings. The average molecular weight is 302 g/mol. The maximum absolute atomic E-state index is 11.5. The van der Waals surface area contributed by atoms with Crippen molar-refractivity contribution in [1.82, 2.24) is 20.7 Å². The smallest absolute Gasteiger partial charge is 0.276 e. The average Bonchev–Trinajstić information content (AvgIpc) is 3.01. The third-order valence-electron chi connectivity index (χ3n) is 5.63. The van der Waals surface area contributed by atoms with Crippen LogP contribution in [0.1, 0.15) is 40.9 Å². The van der Waals surface area contributed by atoms with E-state index in [-0.39, 0.29) is 0 Å². The van der Waals surface area contributed by atoms with E-state index < -0.39 is 5.91 Å². The Morgan fingerprint density at radius 3 is 3.09 bits per heavy atom. The minimum absolute atomic E-state index is 0.425. The third kappa shape index (κ3) is 2.31. The zero-order chi connectivity index (χ0) is 15.2. The lowest BCUT2D eigenvalue weighted by molar-refractivity contribution is 0.00564. The SMILES string of the molecule is O=C(NO)c1cnc2c(c1)CCN([C@H]1C[C@@]3(CCNC3)C1)C2. The summed E-state index contributed by atoms with van der Waals surface area (Å²) in [7, 11) is 0. The first-order valence-electron chi connectivity index (χ1n) is 8.06. The minimum atomic E-state index is -0.493. The summed E-state index contributed by atoms with van der Waals surface area (Å²) in [4.78, 5) is 18.4. The van der Waals surface area contributed by atoms with Gasteiger partial charge in [0.15, 0.2) is 0 Å². The summed E-state index contributed by atoms with van der Waals surface area (Å²) in [6.45, 7) is 4.27. The Bertz CT molecular complexity index is 590. The quantitative estimate of drug-likeness (QED) is 0.554. The van der Waals surface area contributed by atoms with E-state index in [0.717, 1.165) is 30.8 Å². The van der Waals surface area contributed by atoms with E-state index in [1.54, 1.807) is 11.7 Å². The van der Waals surface area contributed by atoms with Crippen LogP contribution in [0.15, 0.2) is 12.3 Å². The highest BCUT2D eigenvalue weighted by atomic mass is 16.5. The molecule has 4 rings (SSSR count). The number of carbonyl (C=O) groups excluding carboxylic acids is 1. The number of nitrogens with one attached hydrogen (secondary N) is 2. The molecule has 22 heavy (non-hydrogen) atoms. The fourth-order valence-corrected chi connectivity index (χ4v) is 4.28. The van der Waals surface area contributed by atoms with Gasteiger partial charge in [-0.1, -0.05) is 0 Å². The molecule has 1 amide bonds. The molecule has 3 heterocycles. The molecule has 2 aliphatic heterocycles. The normalized spacial score (nSPS) is 30.9. The van der Waals surface area contributed by atoms with Gasteiger partial charge in [-0.2, -0.15) is 0 Å². The first-order valence-corrected chi connectivity index (χ1v) is 8.06. The molecule has 1 spiro atoms. The summed E-state index contributed by atoms with van der Waals surface area (Å²) in [6.07, 6.45) is 6.42. The number of rotatable bonds is 2. The van der Waals surface area contributed by atoms with Gasteiger partial charge in [-0.25, -0.2) is 5.48 Å². The van der Waals surface area contributed by atoms with Crippen LogP contribution < -0.4 is 10.8 Å². The van der Waals surface area contributed by atoms with E-state index in [9.17, 15) is 4.79 Å². The number of hydroxylamine groups is 1. The van der Waals surface area contributed by atoms with Gasteiger partial charge in [-0.05, 0) is 49.3 Å². The maximum atomic E-state index is 11.5. The molecule has 6 nitrogen and oxygen atoms in total. The zero-order valence-electron chi connectivity index (χ0n) is 12.6. The van der Waals surface area contributed by atoms with Gasteiger partial charge in [-0.3, -0.25) is 19.9 Å². The van der Waals surface area contributed by atoms with E-state index in [1.165, 1.54) is 32.4 Å². The monoisotopic (exact) mass is 302 g/mol. The van der Waals surface area contributed by atoms with Gasteiger partial charge >= 0.3 is 0 Å². The summed E-state index contributed by atoms with van der Waals surface area (Å²) < 4.78 is 0.